The largest absolute Gasteiger partial charge is 0.352 e. The Morgan fingerprint density at radius 3 is 2.59 bits per heavy atom. The predicted octanol–water partition coefficient (Wildman–Crippen LogP) is 3.18. The first-order valence-corrected chi connectivity index (χ1v) is 12.1. The zero-order valence-corrected chi connectivity index (χ0v) is 15.7. The standard InChI is InChI=1S/C16H23N3OSSi/c1-12(20)18-10-14-7-6-13(8-15(14)9-17)16(21-2)19-11-22(3,4)5/h6-8H,10-11H2,1-5H3,(H,18,20). The molecule has 1 aromatic carbocycles. The zero-order chi connectivity index (χ0) is 16.8. The van der Waals surface area contributed by atoms with E-state index in [-0.39, 0.29) is 5.91 Å². The molecule has 6 heteroatoms. The number of carbonyl (C=O) groups excluding carboxylic acids is 1. The molecule has 0 saturated carbocycles. The van der Waals surface area contributed by atoms with Gasteiger partial charge in [-0.05, 0) is 17.9 Å². The Bertz CT molecular complexity index is 615. The van der Waals surface area contributed by atoms with Gasteiger partial charge in [-0.1, -0.05) is 31.8 Å². The van der Waals surface area contributed by atoms with Gasteiger partial charge in [0.1, 0.15) is 0 Å². The van der Waals surface area contributed by atoms with E-state index in [1.54, 1.807) is 11.8 Å². The van der Waals surface area contributed by atoms with Gasteiger partial charge in [0.15, 0.2) is 0 Å². The number of nitriles is 1. The summed E-state index contributed by atoms with van der Waals surface area (Å²) >= 11 is 1.60. The van der Waals surface area contributed by atoms with E-state index < -0.39 is 8.07 Å². The lowest BCUT2D eigenvalue weighted by atomic mass is 10.1. The molecule has 0 atom stereocenters. The van der Waals surface area contributed by atoms with Gasteiger partial charge < -0.3 is 5.32 Å². The maximum atomic E-state index is 11.0. The molecular formula is C16H23N3OSSi. The van der Waals surface area contributed by atoms with Crippen molar-refractivity contribution in [2.45, 2.75) is 33.1 Å². The molecular weight excluding hydrogens is 310 g/mol. The molecule has 1 aromatic rings. The summed E-state index contributed by atoms with van der Waals surface area (Å²) in [6, 6.07) is 7.92. The lowest BCUT2D eigenvalue weighted by molar-refractivity contribution is -0.119. The van der Waals surface area contributed by atoms with Crippen LogP contribution in [0, 0.1) is 11.3 Å². The van der Waals surface area contributed by atoms with Crippen LogP contribution in [0.3, 0.4) is 0 Å². The number of carbonyl (C=O) groups is 1. The first kappa shape index (κ1) is 18.5. The van der Waals surface area contributed by atoms with Crippen LogP contribution in [0.5, 0.6) is 0 Å². The predicted molar refractivity (Wildman–Crippen MR) is 96.9 cm³/mol. The Morgan fingerprint density at radius 1 is 1.41 bits per heavy atom. The highest BCUT2D eigenvalue weighted by Gasteiger charge is 2.14. The summed E-state index contributed by atoms with van der Waals surface area (Å²) in [6.45, 7) is 8.69. The van der Waals surface area contributed by atoms with Crippen LogP contribution in [-0.2, 0) is 11.3 Å². The highest BCUT2D eigenvalue weighted by Crippen LogP contribution is 2.17. The van der Waals surface area contributed by atoms with E-state index in [0.717, 1.165) is 22.3 Å². The Balaban J connectivity index is 3.05. The summed E-state index contributed by atoms with van der Waals surface area (Å²) in [5, 5.41) is 13.0. The maximum Gasteiger partial charge on any atom is 0.217 e. The van der Waals surface area contributed by atoms with Crippen LogP contribution in [-0.4, -0.2) is 31.4 Å². The Hall–Kier alpha value is -1.58. The molecule has 0 radical (unpaired) electrons. The van der Waals surface area contributed by atoms with Gasteiger partial charge in [0.05, 0.1) is 24.8 Å². The van der Waals surface area contributed by atoms with Crippen molar-refractivity contribution in [1.29, 1.82) is 5.26 Å². The number of hydrogen-bond donors (Lipinski definition) is 1. The summed E-state index contributed by atoms with van der Waals surface area (Å²) in [5.41, 5.74) is 2.38. The Labute approximate surface area is 138 Å². The molecule has 0 aliphatic rings. The Kier molecular flexibility index (Phi) is 6.85. The number of amides is 1. The van der Waals surface area contributed by atoms with Crippen LogP contribution >= 0.6 is 11.8 Å². The molecule has 22 heavy (non-hydrogen) atoms. The summed E-state index contributed by atoms with van der Waals surface area (Å²) in [4.78, 5) is 15.7. The third-order valence-corrected chi connectivity index (χ3v) is 4.75. The fraction of sp³-hybridized carbons (Fsp3) is 0.438. The number of thioether (sulfide) groups is 1. The number of nitrogens with one attached hydrogen (secondary N) is 1. The van der Waals surface area contributed by atoms with Gasteiger partial charge >= 0.3 is 0 Å². The van der Waals surface area contributed by atoms with Gasteiger partial charge in [-0.3, -0.25) is 9.79 Å². The van der Waals surface area contributed by atoms with Crippen LogP contribution in [0.1, 0.15) is 23.6 Å². The molecule has 4 nitrogen and oxygen atoms in total. The fourth-order valence-corrected chi connectivity index (χ4v) is 3.07. The van der Waals surface area contributed by atoms with Crippen LogP contribution in [0.15, 0.2) is 23.2 Å². The monoisotopic (exact) mass is 333 g/mol. The van der Waals surface area contributed by atoms with Crippen molar-refractivity contribution in [3.63, 3.8) is 0 Å². The summed E-state index contributed by atoms with van der Waals surface area (Å²) in [7, 11) is -1.24. The van der Waals surface area contributed by atoms with Gasteiger partial charge in [0, 0.05) is 25.2 Å². The van der Waals surface area contributed by atoms with Crippen molar-refractivity contribution in [2.75, 3.05) is 12.4 Å². The van der Waals surface area contributed by atoms with E-state index in [1.807, 2.05) is 24.5 Å². The topological polar surface area (TPSA) is 65.2 Å². The summed E-state index contributed by atoms with van der Waals surface area (Å²) in [5.74, 6) is -0.102. The molecule has 1 N–H and O–H groups in total. The SMILES string of the molecule is CSC(=NC[Si](C)(C)C)c1ccc(CNC(C)=O)c(C#N)c1. The molecule has 0 spiro atoms. The molecule has 0 saturated heterocycles. The first-order valence-electron chi connectivity index (χ1n) is 7.13. The zero-order valence-electron chi connectivity index (χ0n) is 13.9. The van der Waals surface area contributed by atoms with Gasteiger partial charge in [0.25, 0.3) is 0 Å². The van der Waals surface area contributed by atoms with E-state index in [2.05, 4.69) is 31.0 Å². The first-order chi connectivity index (χ1) is 10.3. The molecule has 0 aliphatic carbocycles. The van der Waals surface area contributed by atoms with Gasteiger partial charge in [-0.2, -0.15) is 5.26 Å². The number of nitrogens with zero attached hydrogens (tertiary/aromatic N) is 2. The summed E-state index contributed by atoms with van der Waals surface area (Å²) in [6.07, 6.45) is 2.87. The highest BCUT2D eigenvalue weighted by molar-refractivity contribution is 8.13. The molecule has 1 rings (SSSR count). The van der Waals surface area contributed by atoms with E-state index in [0.29, 0.717) is 12.1 Å². The third kappa shape index (κ3) is 6.04. The van der Waals surface area contributed by atoms with E-state index in [9.17, 15) is 10.1 Å². The van der Waals surface area contributed by atoms with Gasteiger partial charge in [-0.15, -0.1) is 11.8 Å². The van der Waals surface area contributed by atoms with Crippen LogP contribution in [0.2, 0.25) is 19.6 Å². The van der Waals surface area contributed by atoms with Crippen molar-refractivity contribution < 1.29 is 4.79 Å². The minimum Gasteiger partial charge on any atom is -0.352 e. The fourth-order valence-electron chi connectivity index (χ4n) is 1.77. The van der Waals surface area contributed by atoms with E-state index in [1.165, 1.54) is 6.92 Å². The molecule has 0 aromatic heterocycles. The van der Waals surface area contributed by atoms with Crippen molar-refractivity contribution in [3.05, 3.63) is 34.9 Å². The van der Waals surface area contributed by atoms with Gasteiger partial charge in [-0.25, -0.2) is 0 Å². The molecule has 0 fully saturated rings. The maximum absolute atomic E-state index is 11.0. The van der Waals surface area contributed by atoms with Crippen LogP contribution < -0.4 is 5.32 Å². The minimum absolute atomic E-state index is 0.102. The Morgan fingerprint density at radius 2 is 2.09 bits per heavy atom. The van der Waals surface area contributed by atoms with Crippen LogP contribution in [0.25, 0.3) is 0 Å². The second-order valence-corrected chi connectivity index (χ2v) is 12.5. The van der Waals surface area contributed by atoms with Crippen molar-refractivity contribution in [1.82, 2.24) is 5.32 Å². The van der Waals surface area contributed by atoms with Crippen LogP contribution in [0.4, 0.5) is 0 Å². The molecule has 0 unspecified atom stereocenters. The van der Waals surface area contributed by atoms with E-state index in [4.69, 9.17) is 4.99 Å². The number of aliphatic imine (C=N–C) groups is 1. The highest BCUT2D eigenvalue weighted by atomic mass is 32.2. The second-order valence-electron chi connectivity index (χ2n) is 6.28. The van der Waals surface area contributed by atoms with Crippen molar-refractivity contribution in [3.8, 4) is 6.07 Å². The third-order valence-electron chi connectivity index (χ3n) is 2.90. The summed E-state index contributed by atoms with van der Waals surface area (Å²) < 4.78 is 0. The average molecular weight is 334 g/mol. The minimum atomic E-state index is -1.24. The molecule has 0 bridgehead atoms. The molecule has 0 heterocycles. The number of hydrogen-bond acceptors (Lipinski definition) is 4. The molecule has 0 aliphatic heterocycles. The molecule has 1 amide bonds. The second kappa shape index (κ2) is 8.16. The quantitative estimate of drug-likeness (QED) is 0.511. The lowest BCUT2D eigenvalue weighted by Gasteiger charge is -2.14. The average Bonchev–Trinajstić information content (AvgIpc) is 2.44. The van der Waals surface area contributed by atoms with Crippen molar-refractivity contribution in [2.24, 2.45) is 4.99 Å². The normalized spacial score (nSPS) is 11.9. The number of benzene rings is 1. The van der Waals surface area contributed by atoms with Crippen molar-refractivity contribution >= 4 is 30.8 Å². The molecule has 118 valence electrons. The smallest absolute Gasteiger partial charge is 0.217 e. The lowest BCUT2D eigenvalue weighted by Crippen LogP contribution is -2.25. The van der Waals surface area contributed by atoms with Gasteiger partial charge in [0.2, 0.25) is 5.91 Å². The number of rotatable bonds is 5. The van der Waals surface area contributed by atoms with E-state index >= 15 is 0 Å².